The third-order valence-corrected chi connectivity index (χ3v) is 3.41. The van der Waals surface area contributed by atoms with Crippen molar-refractivity contribution >= 4 is 0 Å². The van der Waals surface area contributed by atoms with Crippen molar-refractivity contribution in [3.63, 3.8) is 0 Å². The lowest BCUT2D eigenvalue weighted by atomic mass is 9.90. The molecule has 0 radical (unpaired) electrons. The summed E-state index contributed by atoms with van der Waals surface area (Å²) >= 11 is 0. The molecule has 1 aliphatic rings. The summed E-state index contributed by atoms with van der Waals surface area (Å²) in [6.07, 6.45) is 2.30. The second kappa shape index (κ2) is 5.74. The van der Waals surface area contributed by atoms with Gasteiger partial charge in [-0.3, -0.25) is 0 Å². The molecule has 0 spiro atoms. The van der Waals surface area contributed by atoms with Gasteiger partial charge in [0.15, 0.2) is 0 Å². The minimum absolute atomic E-state index is 0.426. The molecule has 0 saturated carbocycles. The van der Waals surface area contributed by atoms with E-state index in [9.17, 15) is 0 Å². The van der Waals surface area contributed by atoms with Gasteiger partial charge in [-0.1, -0.05) is 0 Å². The maximum Gasteiger partial charge on any atom is 0.137 e. The highest BCUT2D eigenvalue weighted by Gasteiger charge is 2.21. The molecule has 4 nitrogen and oxygen atoms in total. The Morgan fingerprint density at radius 1 is 1.28 bits per heavy atom. The number of nitrogens with zero attached hydrogens (tertiary/aromatic N) is 1. The minimum Gasteiger partial charge on any atom is -0.496 e. The van der Waals surface area contributed by atoms with Gasteiger partial charge in [0.05, 0.1) is 19.8 Å². The van der Waals surface area contributed by atoms with Crippen molar-refractivity contribution in [1.29, 1.82) is 5.26 Å². The highest BCUT2D eigenvalue weighted by atomic mass is 16.5. The third-order valence-electron chi connectivity index (χ3n) is 3.41. The van der Waals surface area contributed by atoms with Crippen LogP contribution in [0.3, 0.4) is 0 Å². The van der Waals surface area contributed by atoms with E-state index in [1.54, 1.807) is 20.3 Å². The van der Waals surface area contributed by atoms with Crippen molar-refractivity contribution in [1.82, 2.24) is 5.32 Å². The molecule has 1 aromatic rings. The maximum absolute atomic E-state index is 9.07. The van der Waals surface area contributed by atoms with E-state index in [2.05, 4.69) is 11.4 Å². The molecule has 2 rings (SSSR count). The fourth-order valence-electron chi connectivity index (χ4n) is 2.45. The van der Waals surface area contributed by atoms with Crippen LogP contribution in [-0.4, -0.2) is 27.3 Å². The second-order valence-corrected chi connectivity index (χ2v) is 4.45. The molecule has 96 valence electrons. The normalized spacial score (nSPS) is 19.1. The summed E-state index contributed by atoms with van der Waals surface area (Å²) in [4.78, 5) is 0. The Hall–Kier alpha value is -1.73. The van der Waals surface area contributed by atoms with Crippen LogP contribution in [0.4, 0.5) is 0 Å². The molecule has 1 fully saturated rings. The zero-order chi connectivity index (χ0) is 13.0. The monoisotopic (exact) mass is 246 g/mol. The summed E-state index contributed by atoms with van der Waals surface area (Å²) in [6, 6.07) is 5.84. The molecule has 1 atom stereocenters. The van der Waals surface area contributed by atoms with E-state index in [1.165, 1.54) is 0 Å². The first-order valence-electron chi connectivity index (χ1n) is 6.17. The molecule has 4 heteroatoms. The summed E-state index contributed by atoms with van der Waals surface area (Å²) < 4.78 is 10.7. The number of nitrogens with one attached hydrogen (secondary N) is 1. The van der Waals surface area contributed by atoms with E-state index in [0.29, 0.717) is 17.2 Å². The standard InChI is InChI=1S/C14H18N2O2/c1-17-13-7-12(10-4-3-5-16-9-10)14(18-2)6-11(13)8-15/h6-7,10,16H,3-5,9H2,1-2H3/t10-/m1/s1. The zero-order valence-corrected chi connectivity index (χ0v) is 10.8. The molecule has 0 unspecified atom stereocenters. The SMILES string of the molecule is COc1cc([C@@H]2CCCNC2)c(OC)cc1C#N. The van der Waals surface area contributed by atoms with Crippen molar-refractivity contribution < 1.29 is 9.47 Å². The van der Waals surface area contributed by atoms with E-state index >= 15 is 0 Å². The molecular formula is C14H18N2O2. The van der Waals surface area contributed by atoms with Crippen LogP contribution in [-0.2, 0) is 0 Å². The third kappa shape index (κ3) is 2.41. The lowest BCUT2D eigenvalue weighted by Crippen LogP contribution is -2.28. The van der Waals surface area contributed by atoms with Gasteiger partial charge in [0.2, 0.25) is 0 Å². The topological polar surface area (TPSA) is 54.3 Å². The van der Waals surface area contributed by atoms with Crippen LogP contribution >= 0.6 is 0 Å². The summed E-state index contributed by atoms with van der Waals surface area (Å²) in [5.74, 6) is 1.83. The first-order valence-corrected chi connectivity index (χ1v) is 6.17. The number of piperidine rings is 1. The van der Waals surface area contributed by atoms with Crippen LogP contribution in [0.25, 0.3) is 0 Å². The van der Waals surface area contributed by atoms with E-state index in [-0.39, 0.29) is 0 Å². The Kier molecular flexibility index (Phi) is 4.06. The number of methoxy groups -OCH3 is 2. The van der Waals surface area contributed by atoms with Gasteiger partial charge < -0.3 is 14.8 Å². The first-order chi connectivity index (χ1) is 8.80. The molecule has 1 aliphatic heterocycles. The molecule has 0 bridgehead atoms. The number of rotatable bonds is 3. The largest absolute Gasteiger partial charge is 0.496 e. The summed E-state index contributed by atoms with van der Waals surface area (Å²) in [6.45, 7) is 2.03. The van der Waals surface area contributed by atoms with Gasteiger partial charge in [-0.15, -0.1) is 0 Å². The van der Waals surface area contributed by atoms with Gasteiger partial charge in [-0.2, -0.15) is 5.26 Å². The molecule has 18 heavy (non-hydrogen) atoms. The lowest BCUT2D eigenvalue weighted by molar-refractivity contribution is 0.383. The maximum atomic E-state index is 9.07. The van der Waals surface area contributed by atoms with Gasteiger partial charge in [0.25, 0.3) is 0 Å². The predicted molar refractivity (Wildman–Crippen MR) is 69.1 cm³/mol. The highest BCUT2D eigenvalue weighted by molar-refractivity contribution is 5.53. The zero-order valence-electron chi connectivity index (χ0n) is 10.8. The van der Waals surface area contributed by atoms with E-state index < -0.39 is 0 Å². The minimum atomic E-state index is 0.426. The lowest BCUT2D eigenvalue weighted by Gasteiger charge is -2.25. The van der Waals surface area contributed by atoms with Crippen LogP contribution in [0.1, 0.15) is 29.9 Å². The Morgan fingerprint density at radius 3 is 2.61 bits per heavy atom. The summed E-state index contributed by atoms with van der Waals surface area (Å²) in [5.41, 5.74) is 1.64. The Balaban J connectivity index is 2.41. The van der Waals surface area contributed by atoms with Crippen molar-refractivity contribution in [2.24, 2.45) is 0 Å². The number of hydrogen-bond acceptors (Lipinski definition) is 4. The first kappa shape index (κ1) is 12.7. The van der Waals surface area contributed by atoms with E-state index in [4.69, 9.17) is 14.7 Å². The molecular weight excluding hydrogens is 228 g/mol. The van der Waals surface area contributed by atoms with Crippen LogP contribution < -0.4 is 14.8 Å². The number of benzene rings is 1. The van der Waals surface area contributed by atoms with Crippen LogP contribution in [0.15, 0.2) is 12.1 Å². The summed E-state index contributed by atoms with van der Waals surface area (Å²) in [7, 11) is 3.23. The van der Waals surface area contributed by atoms with Gasteiger partial charge >= 0.3 is 0 Å². The molecule has 1 N–H and O–H groups in total. The van der Waals surface area contributed by atoms with Gasteiger partial charge in [-0.05, 0) is 25.5 Å². The van der Waals surface area contributed by atoms with Gasteiger partial charge in [0.1, 0.15) is 17.6 Å². The Labute approximate surface area is 108 Å². The summed E-state index contributed by atoms with van der Waals surface area (Å²) in [5, 5.41) is 12.5. The van der Waals surface area contributed by atoms with Crippen LogP contribution in [0, 0.1) is 11.3 Å². The highest BCUT2D eigenvalue weighted by Crippen LogP contribution is 2.36. The molecule has 0 aliphatic carbocycles. The number of ether oxygens (including phenoxy) is 2. The number of nitriles is 1. The van der Waals surface area contributed by atoms with Crippen molar-refractivity contribution in [3.05, 3.63) is 23.3 Å². The predicted octanol–water partition coefficient (Wildman–Crippen LogP) is 2.04. The Bertz CT molecular complexity index is 460. The van der Waals surface area contributed by atoms with Crippen LogP contribution in [0.2, 0.25) is 0 Å². The molecule has 0 amide bonds. The Morgan fingerprint density at radius 2 is 2.06 bits per heavy atom. The van der Waals surface area contributed by atoms with Crippen molar-refractivity contribution in [2.75, 3.05) is 27.3 Å². The fourth-order valence-corrected chi connectivity index (χ4v) is 2.45. The van der Waals surface area contributed by atoms with Crippen molar-refractivity contribution in [3.8, 4) is 17.6 Å². The quantitative estimate of drug-likeness (QED) is 0.886. The van der Waals surface area contributed by atoms with E-state index in [1.807, 2.05) is 6.07 Å². The number of hydrogen-bond donors (Lipinski definition) is 1. The van der Waals surface area contributed by atoms with E-state index in [0.717, 1.165) is 37.2 Å². The molecule has 0 aromatic heterocycles. The van der Waals surface area contributed by atoms with Crippen molar-refractivity contribution in [2.45, 2.75) is 18.8 Å². The van der Waals surface area contributed by atoms with Crippen LogP contribution in [0.5, 0.6) is 11.5 Å². The molecule has 1 saturated heterocycles. The fraction of sp³-hybridized carbons (Fsp3) is 0.500. The van der Waals surface area contributed by atoms with Gasteiger partial charge in [0, 0.05) is 24.1 Å². The molecule has 1 aromatic carbocycles. The average Bonchev–Trinajstić information content (AvgIpc) is 2.46. The average molecular weight is 246 g/mol. The molecule has 1 heterocycles. The smallest absolute Gasteiger partial charge is 0.137 e. The van der Waals surface area contributed by atoms with Gasteiger partial charge in [-0.25, -0.2) is 0 Å². The second-order valence-electron chi connectivity index (χ2n) is 4.45.